The maximum absolute atomic E-state index is 12.8. The Morgan fingerprint density at radius 1 is 1.17 bits per heavy atom. The molecule has 0 spiro atoms. The third-order valence-corrected chi connectivity index (χ3v) is 3.97. The molecular weight excluding hydrogens is 290 g/mol. The van der Waals surface area contributed by atoms with Crippen LogP contribution in [0.3, 0.4) is 0 Å². The Balaban J connectivity index is 2.23. The van der Waals surface area contributed by atoms with E-state index in [1.807, 2.05) is 37.4 Å². The van der Waals surface area contributed by atoms with Gasteiger partial charge in [-0.05, 0) is 36.8 Å². The fourth-order valence-electron chi connectivity index (χ4n) is 2.95. The summed E-state index contributed by atoms with van der Waals surface area (Å²) in [5.74, 6) is 0.573. The van der Waals surface area contributed by atoms with Gasteiger partial charge in [-0.1, -0.05) is 18.2 Å². The maximum atomic E-state index is 12.8. The molecule has 0 bridgehead atoms. The van der Waals surface area contributed by atoms with Crippen molar-refractivity contribution in [1.82, 2.24) is 4.57 Å². The van der Waals surface area contributed by atoms with Gasteiger partial charge in [-0.15, -0.1) is 0 Å². The van der Waals surface area contributed by atoms with Crippen LogP contribution in [0.25, 0.3) is 10.9 Å². The average molecular weight is 307 g/mol. The summed E-state index contributed by atoms with van der Waals surface area (Å²) < 4.78 is 6.99. The van der Waals surface area contributed by atoms with Gasteiger partial charge in [-0.3, -0.25) is 9.36 Å². The second kappa shape index (κ2) is 6.08. The largest absolute Gasteiger partial charge is 0.496 e. The molecule has 0 aliphatic rings. The van der Waals surface area contributed by atoms with E-state index in [1.165, 1.54) is 0 Å². The normalized spacial score (nSPS) is 10.7. The van der Waals surface area contributed by atoms with E-state index in [1.54, 1.807) is 29.9 Å². The van der Waals surface area contributed by atoms with Crippen LogP contribution >= 0.6 is 0 Å². The molecule has 0 saturated carbocycles. The maximum Gasteiger partial charge on any atom is 0.262 e. The van der Waals surface area contributed by atoms with Gasteiger partial charge >= 0.3 is 0 Å². The van der Waals surface area contributed by atoms with Crippen LogP contribution < -0.4 is 4.74 Å². The molecule has 4 heteroatoms. The molecule has 4 nitrogen and oxygen atoms in total. The van der Waals surface area contributed by atoms with Gasteiger partial charge in [0.2, 0.25) is 0 Å². The molecule has 0 radical (unpaired) electrons. The van der Waals surface area contributed by atoms with Crippen molar-refractivity contribution in [2.45, 2.75) is 13.3 Å². The minimum absolute atomic E-state index is 0.0917. The number of nitrogens with zero attached hydrogens (tertiary/aromatic N) is 1. The van der Waals surface area contributed by atoms with E-state index in [0.29, 0.717) is 11.3 Å². The van der Waals surface area contributed by atoms with Crippen LogP contribution in [0.4, 0.5) is 0 Å². The standard InChI is InChI=1S/C19H17NO3/c1-13-12-20(19(22)14-6-4-3-5-7-14)16-8-9-17(23-2)15(10-11-21)18(13)16/h3-9,11-12H,10H2,1-2H3. The number of rotatable bonds is 4. The van der Waals surface area contributed by atoms with Crippen LogP contribution in [0.2, 0.25) is 0 Å². The van der Waals surface area contributed by atoms with Gasteiger partial charge in [0.15, 0.2) is 0 Å². The lowest BCUT2D eigenvalue weighted by molar-refractivity contribution is -0.107. The summed E-state index contributed by atoms with van der Waals surface area (Å²) in [6, 6.07) is 12.8. The Hall–Kier alpha value is -2.88. The Labute approximate surface area is 134 Å². The molecule has 0 unspecified atom stereocenters. The molecule has 2 aromatic carbocycles. The van der Waals surface area contributed by atoms with E-state index in [-0.39, 0.29) is 12.3 Å². The van der Waals surface area contributed by atoms with Gasteiger partial charge in [-0.2, -0.15) is 0 Å². The first-order chi connectivity index (χ1) is 11.2. The van der Waals surface area contributed by atoms with Gasteiger partial charge in [0.05, 0.1) is 12.6 Å². The summed E-state index contributed by atoms with van der Waals surface area (Å²) in [6.45, 7) is 1.94. The first kappa shape index (κ1) is 15.0. The minimum Gasteiger partial charge on any atom is -0.496 e. The lowest BCUT2D eigenvalue weighted by Gasteiger charge is -2.10. The molecule has 116 valence electrons. The van der Waals surface area contributed by atoms with Crippen LogP contribution in [0.1, 0.15) is 21.5 Å². The Kier molecular flexibility index (Phi) is 3.98. The molecule has 1 heterocycles. The smallest absolute Gasteiger partial charge is 0.262 e. The van der Waals surface area contributed by atoms with Gasteiger partial charge in [0.25, 0.3) is 5.91 Å². The first-order valence-electron chi connectivity index (χ1n) is 7.38. The molecule has 3 aromatic rings. The number of carbonyl (C=O) groups excluding carboxylic acids is 2. The zero-order valence-corrected chi connectivity index (χ0v) is 13.1. The highest BCUT2D eigenvalue weighted by Crippen LogP contribution is 2.32. The Morgan fingerprint density at radius 2 is 1.91 bits per heavy atom. The fraction of sp³-hybridized carbons (Fsp3) is 0.158. The average Bonchev–Trinajstić information content (AvgIpc) is 2.93. The van der Waals surface area contributed by atoms with Crippen molar-refractivity contribution < 1.29 is 14.3 Å². The van der Waals surface area contributed by atoms with E-state index in [2.05, 4.69) is 0 Å². The van der Waals surface area contributed by atoms with Crippen LogP contribution in [-0.2, 0) is 11.2 Å². The summed E-state index contributed by atoms with van der Waals surface area (Å²) >= 11 is 0. The predicted octanol–water partition coefficient (Wildman–Crippen LogP) is 3.39. The highest BCUT2D eigenvalue weighted by Gasteiger charge is 2.18. The van der Waals surface area contributed by atoms with Crippen molar-refractivity contribution >= 4 is 23.1 Å². The highest BCUT2D eigenvalue weighted by molar-refractivity contribution is 6.04. The first-order valence-corrected chi connectivity index (χ1v) is 7.38. The quantitative estimate of drug-likeness (QED) is 0.694. The molecule has 1 aromatic heterocycles. The van der Waals surface area contributed by atoms with Crippen LogP contribution in [0.15, 0.2) is 48.7 Å². The second-order valence-corrected chi connectivity index (χ2v) is 5.36. The van der Waals surface area contributed by atoms with Crippen LogP contribution in [0.5, 0.6) is 5.75 Å². The molecule has 0 fully saturated rings. The minimum atomic E-state index is -0.0917. The number of fused-ring (bicyclic) bond motifs is 1. The number of hydrogen-bond donors (Lipinski definition) is 0. The highest BCUT2D eigenvalue weighted by atomic mass is 16.5. The van der Waals surface area contributed by atoms with E-state index in [4.69, 9.17) is 4.74 Å². The number of methoxy groups -OCH3 is 1. The van der Waals surface area contributed by atoms with E-state index in [9.17, 15) is 9.59 Å². The van der Waals surface area contributed by atoms with Crippen molar-refractivity contribution in [3.8, 4) is 5.75 Å². The molecule has 23 heavy (non-hydrogen) atoms. The summed E-state index contributed by atoms with van der Waals surface area (Å²) in [4.78, 5) is 23.8. The molecule has 3 rings (SSSR count). The van der Waals surface area contributed by atoms with Crippen molar-refractivity contribution in [1.29, 1.82) is 0 Å². The zero-order chi connectivity index (χ0) is 16.4. The number of hydrogen-bond acceptors (Lipinski definition) is 3. The summed E-state index contributed by atoms with van der Waals surface area (Å²) in [5, 5.41) is 0.903. The monoisotopic (exact) mass is 307 g/mol. The molecule has 0 aliphatic heterocycles. The van der Waals surface area contributed by atoms with Crippen molar-refractivity contribution in [3.63, 3.8) is 0 Å². The SMILES string of the molecule is COc1ccc2c(c(C)cn2C(=O)c2ccccc2)c1CC=O. The van der Waals surface area contributed by atoms with Gasteiger partial charge in [0, 0.05) is 29.1 Å². The molecule has 0 saturated heterocycles. The van der Waals surface area contributed by atoms with Gasteiger partial charge in [0.1, 0.15) is 12.0 Å². The molecule has 0 atom stereocenters. The van der Waals surface area contributed by atoms with E-state index in [0.717, 1.165) is 28.3 Å². The summed E-state index contributed by atoms with van der Waals surface area (Å²) in [6.07, 6.45) is 2.92. The topological polar surface area (TPSA) is 48.3 Å². The number of ether oxygens (including phenoxy) is 1. The number of carbonyl (C=O) groups is 2. The number of aldehydes is 1. The third-order valence-electron chi connectivity index (χ3n) is 3.97. The lowest BCUT2D eigenvalue weighted by Crippen LogP contribution is -2.10. The van der Waals surface area contributed by atoms with Crippen molar-refractivity contribution in [2.75, 3.05) is 7.11 Å². The molecular formula is C19H17NO3. The predicted molar refractivity (Wildman–Crippen MR) is 89.2 cm³/mol. The van der Waals surface area contributed by atoms with Crippen molar-refractivity contribution in [2.24, 2.45) is 0 Å². The van der Waals surface area contributed by atoms with Gasteiger partial charge in [-0.25, -0.2) is 0 Å². The van der Waals surface area contributed by atoms with Crippen molar-refractivity contribution in [3.05, 3.63) is 65.4 Å². The summed E-state index contributed by atoms with van der Waals surface area (Å²) in [7, 11) is 1.58. The molecule has 0 N–H and O–H groups in total. The Bertz CT molecular complexity index is 879. The number of aromatic nitrogens is 1. The third kappa shape index (κ3) is 2.52. The molecule has 0 aliphatic carbocycles. The van der Waals surface area contributed by atoms with Gasteiger partial charge < -0.3 is 9.53 Å². The van der Waals surface area contributed by atoms with E-state index < -0.39 is 0 Å². The van der Waals surface area contributed by atoms with Crippen LogP contribution in [-0.4, -0.2) is 23.9 Å². The summed E-state index contributed by atoms with van der Waals surface area (Å²) in [5.41, 5.74) is 3.17. The van der Waals surface area contributed by atoms with E-state index >= 15 is 0 Å². The number of aryl methyl sites for hydroxylation is 1. The number of benzene rings is 2. The zero-order valence-electron chi connectivity index (χ0n) is 13.1. The Morgan fingerprint density at radius 3 is 2.57 bits per heavy atom. The fourth-order valence-corrected chi connectivity index (χ4v) is 2.95. The second-order valence-electron chi connectivity index (χ2n) is 5.36. The van der Waals surface area contributed by atoms with Crippen LogP contribution in [0, 0.1) is 6.92 Å². The lowest BCUT2D eigenvalue weighted by atomic mass is 10.0. The molecule has 0 amide bonds.